The third kappa shape index (κ3) is 3.20. The van der Waals surface area contributed by atoms with Gasteiger partial charge in [-0.2, -0.15) is 5.10 Å². The molecule has 0 N–H and O–H groups in total. The van der Waals surface area contributed by atoms with E-state index in [2.05, 4.69) is 91.7 Å². The molecule has 2 nitrogen and oxygen atoms in total. The van der Waals surface area contributed by atoms with Gasteiger partial charge in [0.25, 0.3) is 0 Å². The highest BCUT2D eigenvalue weighted by Crippen LogP contribution is 2.36. The predicted octanol–water partition coefficient (Wildman–Crippen LogP) is 5.66. The second kappa shape index (κ2) is 6.56. The summed E-state index contributed by atoms with van der Waals surface area (Å²) in [6.07, 6.45) is 0.918. The maximum Gasteiger partial charge on any atom is 0.0831 e. The lowest BCUT2D eigenvalue weighted by molar-refractivity contribution is 0.709. The first-order valence-electron chi connectivity index (χ1n) is 8.76. The van der Waals surface area contributed by atoms with Crippen molar-refractivity contribution in [3.63, 3.8) is 0 Å². The normalized spacial score (nSPS) is 16.8. The number of hydrogen-bond acceptors (Lipinski definition) is 2. The Labute approximate surface area is 149 Å². The maximum atomic E-state index is 4.99. The molecule has 0 fully saturated rings. The summed E-state index contributed by atoms with van der Waals surface area (Å²) < 4.78 is 0. The van der Waals surface area contributed by atoms with Crippen molar-refractivity contribution in [3.05, 3.63) is 101 Å². The zero-order valence-electron chi connectivity index (χ0n) is 14.7. The van der Waals surface area contributed by atoms with Gasteiger partial charge in [-0.05, 0) is 37.1 Å². The summed E-state index contributed by atoms with van der Waals surface area (Å²) in [6, 6.07) is 28.2. The first kappa shape index (κ1) is 15.6. The Bertz CT molecular complexity index is 878. The number of para-hydroxylation sites is 1. The highest BCUT2D eigenvalue weighted by molar-refractivity contribution is 6.03. The first-order chi connectivity index (χ1) is 12.2. The van der Waals surface area contributed by atoms with Crippen molar-refractivity contribution in [2.45, 2.75) is 26.3 Å². The standard InChI is InChI=1S/C23H22N2/c1-17-8-12-19(13-9-17)22-16-23(20-14-10-18(2)11-15-20)25(24-22)21-6-4-3-5-7-21/h3-15,23H,16H2,1-2H3/t23-/m0/s1. The maximum absolute atomic E-state index is 4.99. The Kier molecular flexibility index (Phi) is 4.10. The zero-order chi connectivity index (χ0) is 17.2. The van der Waals surface area contributed by atoms with E-state index in [4.69, 9.17) is 5.10 Å². The SMILES string of the molecule is Cc1ccc(C2=NN(c3ccccc3)[C@H](c3ccc(C)cc3)C2)cc1. The van der Waals surface area contributed by atoms with Crippen molar-refractivity contribution < 1.29 is 0 Å². The van der Waals surface area contributed by atoms with E-state index in [1.165, 1.54) is 22.3 Å². The number of rotatable bonds is 3. The van der Waals surface area contributed by atoms with Crippen LogP contribution in [0, 0.1) is 13.8 Å². The summed E-state index contributed by atoms with van der Waals surface area (Å²) >= 11 is 0. The molecule has 0 radical (unpaired) electrons. The lowest BCUT2D eigenvalue weighted by atomic mass is 9.97. The molecule has 1 aliphatic rings. The molecule has 1 aliphatic heterocycles. The van der Waals surface area contributed by atoms with E-state index < -0.39 is 0 Å². The van der Waals surface area contributed by atoms with Crippen LogP contribution in [0.2, 0.25) is 0 Å². The Morgan fingerprint density at radius 2 is 1.36 bits per heavy atom. The predicted molar refractivity (Wildman–Crippen MR) is 105 cm³/mol. The molecule has 1 atom stereocenters. The summed E-state index contributed by atoms with van der Waals surface area (Å²) in [4.78, 5) is 0. The zero-order valence-corrected chi connectivity index (χ0v) is 14.7. The number of benzene rings is 3. The monoisotopic (exact) mass is 326 g/mol. The molecular weight excluding hydrogens is 304 g/mol. The quantitative estimate of drug-likeness (QED) is 0.606. The third-order valence-corrected chi connectivity index (χ3v) is 4.78. The van der Waals surface area contributed by atoms with Crippen molar-refractivity contribution in [1.82, 2.24) is 0 Å². The van der Waals surface area contributed by atoms with Crippen molar-refractivity contribution in [3.8, 4) is 0 Å². The third-order valence-electron chi connectivity index (χ3n) is 4.78. The average Bonchev–Trinajstić information content (AvgIpc) is 3.09. The number of hydrazone groups is 1. The molecule has 1 heterocycles. The van der Waals surface area contributed by atoms with Crippen molar-refractivity contribution in [2.24, 2.45) is 5.10 Å². The Balaban J connectivity index is 1.73. The Morgan fingerprint density at radius 3 is 2.00 bits per heavy atom. The van der Waals surface area contributed by atoms with E-state index in [1.54, 1.807) is 0 Å². The van der Waals surface area contributed by atoms with Crippen LogP contribution in [-0.2, 0) is 0 Å². The smallest absolute Gasteiger partial charge is 0.0831 e. The molecule has 0 spiro atoms. The Morgan fingerprint density at radius 1 is 0.760 bits per heavy atom. The van der Waals surface area contributed by atoms with Crippen LogP contribution in [0.25, 0.3) is 0 Å². The van der Waals surface area contributed by atoms with Crippen LogP contribution < -0.4 is 5.01 Å². The fourth-order valence-corrected chi connectivity index (χ4v) is 3.30. The highest BCUT2D eigenvalue weighted by Gasteiger charge is 2.29. The fourth-order valence-electron chi connectivity index (χ4n) is 3.30. The molecule has 0 saturated heterocycles. The molecule has 2 heteroatoms. The van der Waals surface area contributed by atoms with Crippen LogP contribution in [0.4, 0.5) is 5.69 Å². The summed E-state index contributed by atoms with van der Waals surface area (Å²) in [5.74, 6) is 0. The van der Waals surface area contributed by atoms with Crippen molar-refractivity contribution >= 4 is 11.4 Å². The van der Waals surface area contributed by atoms with Crippen LogP contribution in [0.15, 0.2) is 84.0 Å². The Hall–Kier alpha value is -2.87. The fraction of sp³-hybridized carbons (Fsp3) is 0.174. The van der Waals surface area contributed by atoms with Gasteiger partial charge in [-0.1, -0.05) is 77.9 Å². The van der Waals surface area contributed by atoms with Gasteiger partial charge >= 0.3 is 0 Å². The number of aryl methyl sites for hydroxylation is 2. The van der Waals surface area contributed by atoms with E-state index in [0.29, 0.717) is 0 Å². The molecule has 0 bridgehead atoms. The van der Waals surface area contributed by atoms with E-state index in [9.17, 15) is 0 Å². The largest absolute Gasteiger partial charge is 0.257 e. The molecule has 0 aromatic heterocycles. The lowest BCUT2D eigenvalue weighted by Crippen LogP contribution is -2.18. The summed E-state index contributed by atoms with van der Waals surface area (Å²) in [6.45, 7) is 4.24. The van der Waals surface area contributed by atoms with E-state index in [-0.39, 0.29) is 6.04 Å². The highest BCUT2D eigenvalue weighted by atomic mass is 15.5. The minimum Gasteiger partial charge on any atom is -0.257 e. The molecule has 0 amide bonds. The van der Waals surface area contributed by atoms with Gasteiger partial charge < -0.3 is 0 Å². The number of nitrogens with zero attached hydrogens (tertiary/aromatic N) is 2. The second-order valence-electron chi connectivity index (χ2n) is 6.72. The molecular formula is C23H22N2. The molecule has 3 aromatic carbocycles. The van der Waals surface area contributed by atoms with Gasteiger partial charge in [0.2, 0.25) is 0 Å². The number of hydrogen-bond donors (Lipinski definition) is 0. The number of anilines is 1. The van der Waals surface area contributed by atoms with Crippen molar-refractivity contribution in [2.75, 3.05) is 5.01 Å². The van der Waals surface area contributed by atoms with Gasteiger partial charge in [0.15, 0.2) is 0 Å². The van der Waals surface area contributed by atoms with Gasteiger partial charge in [0.1, 0.15) is 0 Å². The van der Waals surface area contributed by atoms with Crippen LogP contribution in [0.5, 0.6) is 0 Å². The summed E-state index contributed by atoms with van der Waals surface area (Å²) in [5.41, 5.74) is 7.36. The molecule has 3 aromatic rings. The van der Waals surface area contributed by atoms with E-state index >= 15 is 0 Å². The second-order valence-corrected chi connectivity index (χ2v) is 6.72. The topological polar surface area (TPSA) is 15.6 Å². The van der Waals surface area contributed by atoms with Crippen molar-refractivity contribution in [1.29, 1.82) is 0 Å². The average molecular weight is 326 g/mol. The molecule has 0 saturated carbocycles. The van der Waals surface area contributed by atoms with E-state index in [1.807, 2.05) is 6.07 Å². The van der Waals surface area contributed by atoms with Gasteiger partial charge in [-0.25, -0.2) is 0 Å². The lowest BCUT2D eigenvalue weighted by Gasteiger charge is -2.24. The minimum absolute atomic E-state index is 0.235. The molecule has 25 heavy (non-hydrogen) atoms. The van der Waals surface area contributed by atoms with Crippen LogP contribution >= 0.6 is 0 Å². The van der Waals surface area contributed by atoms with Gasteiger partial charge in [0.05, 0.1) is 17.4 Å². The minimum atomic E-state index is 0.235. The molecule has 4 rings (SSSR count). The van der Waals surface area contributed by atoms with Gasteiger partial charge in [-0.3, -0.25) is 5.01 Å². The first-order valence-corrected chi connectivity index (χ1v) is 8.76. The van der Waals surface area contributed by atoms with E-state index in [0.717, 1.165) is 17.8 Å². The molecule has 124 valence electrons. The summed E-state index contributed by atoms with van der Waals surface area (Å²) in [7, 11) is 0. The molecule has 0 aliphatic carbocycles. The van der Waals surface area contributed by atoms with Gasteiger partial charge in [0, 0.05) is 6.42 Å². The molecule has 0 unspecified atom stereocenters. The van der Waals surface area contributed by atoms with Crippen LogP contribution in [0.1, 0.15) is 34.7 Å². The van der Waals surface area contributed by atoms with Gasteiger partial charge in [-0.15, -0.1) is 0 Å². The van der Waals surface area contributed by atoms with Crippen LogP contribution in [0.3, 0.4) is 0 Å². The summed E-state index contributed by atoms with van der Waals surface area (Å²) in [5, 5.41) is 7.15. The van der Waals surface area contributed by atoms with Crippen LogP contribution in [-0.4, -0.2) is 5.71 Å².